The van der Waals surface area contributed by atoms with Crippen molar-refractivity contribution in [2.24, 2.45) is 0 Å². The SMILES string of the molecule is Cc1nn(C(C)C)c2nc(Cl)nc(N3CCC[C@H]3CO[Si](C)(C)C(C)(C)C)c12. The molecule has 3 heterocycles. The van der Waals surface area contributed by atoms with Crippen molar-refractivity contribution in [1.29, 1.82) is 0 Å². The third-order valence-corrected chi connectivity index (χ3v) is 10.9. The molecule has 1 aliphatic rings. The van der Waals surface area contributed by atoms with E-state index in [2.05, 4.69) is 62.6 Å². The number of halogens is 1. The molecule has 3 rings (SSSR count). The van der Waals surface area contributed by atoms with Gasteiger partial charge in [-0.25, -0.2) is 4.68 Å². The van der Waals surface area contributed by atoms with Gasteiger partial charge < -0.3 is 9.33 Å². The van der Waals surface area contributed by atoms with E-state index in [1.165, 1.54) is 0 Å². The fraction of sp³-hybridized carbons (Fsp3) is 0.750. The molecule has 156 valence electrons. The highest BCUT2D eigenvalue weighted by Gasteiger charge is 2.39. The van der Waals surface area contributed by atoms with Gasteiger partial charge in [0.1, 0.15) is 5.82 Å². The van der Waals surface area contributed by atoms with Crippen LogP contribution in [-0.2, 0) is 4.43 Å². The van der Waals surface area contributed by atoms with E-state index in [4.69, 9.17) is 21.1 Å². The maximum absolute atomic E-state index is 6.55. The smallest absolute Gasteiger partial charge is 0.226 e. The number of nitrogens with zero attached hydrogens (tertiary/aromatic N) is 5. The number of hydrogen-bond acceptors (Lipinski definition) is 5. The van der Waals surface area contributed by atoms with Crippen LogP contribution in [0.2, 0.25) is 23.4 Å². The van der Waals surface area contributed by atoms with E-state index < -0.39 is 8.32 Å². The Morgan fingerprint density at radius 3 is 2.54 bits per heavy atom. The molecule has 8 heteroatoms. The van der Waals surface area contributed by atoms with Crippen molar-refractivity contribution in [3.05, 3.63) is 11.0 Å². The first-order valence-corrected chi connectivity index (χ1v) is 13.5. The second-order valence-electron chi connectivity index (χ2n) is 9.70. The van der Waals surface area contributed by atoms with E-state index in [1.807, 2.05) is 11.6 Å². The van der Waals surface area contributed by atoms with Crippen LogP contribution in [0, 0.1) is 6.92 Å². The lowest BCUT2D eigenvalue weighted by Gasteiger charge is -2.38. The average molecular weight is 424 g/mol. The molecule has 6 nitrogen and oxygen atoms in total. The number of anilines is 1. The van der Waals surface area contributed by atoms with Gasteiger partial charge in [-0.15, -0.1) is 0 Å². The largest absolute Gasteiger partial charge is 0.415 e. The molecule has 1 atom stereocenters. The summed E-state index contributed by atoms with van der Waals surface area (Å²) >= 11 is 6.33. The van der Waals surface area contributed by atoms with Gasteiger partial charge in [0, 0.05) is 12.6 Å². The zero-order valence-electron chi connectivity index (χ0n) is 18.5. The highest BCUT2D eigenvalue weighted by atomic mass is 35.5. The van der Waals surface area contributed by atoms with Crippen molar-refractivity contribution >= 4 is 36.8 Å². The zero-order chi connectivity index (χ0) is 20.9. The van der Waals surface area contributed by atoms with E-state index in [9.17, 15) is 0 Å². The van der Waals surface area contributed by atoms with E-state index in [0.29, 0.717) is 6.04 Å². The van der Waals surface area contributed by atoms with Crippen molar-refractivity contribution in [1.82, 2.24) is 19.7 Å². The van der Waals surface area contributed by atoms with Crippen LogP contribution >= 0.6 is 11.6 Å². The Bertz CT molecular complexity index is 858. The summed E-state index contributed by atoms with van der Waals surface area (Å²) < 4.78 is 8.49. The predicted molar refractivity (Wildman–Crippen MR) is 119 cm³/mol. The molecule has 0 bridgehead atoms. The molecule has 1 saturated heterocycles. The Labute approximate surface area is 174 Å². The summed E-state index contributed by atoms with van der Waals surface area (Å²) in [6.45, 7) is 19.4. The maximum atomic E-state index is 6.55. The third-order valence-electron chi connectivity index (χ3n) is 6.26. The maximum Gasteiger partial charge on any atom is 0.226 e. The number of hydrogen-bond donors (Lipinski definition) is 0. The molecule has 1 fully saturated rings. The third kappa shape index (κ3) is 3.93. The van der Waals surface area contributed by atoms with Gasteiger partial charge in [-0.1, -0.05) is 20.8 Å². The molecule has 0 aliphatic carbocycles. The summed E-state index contributed by atoms with van der Waals surface area (Å²) in [7, 11) is -1.79. The van der Waals surface area contributed by atoms with Crippen molar-refractivity contribution in [2.75, 3.05) is 18.1 Å². The van der Waals surface area contributed by atoms with Gasteiger partial charge in [0.05, 0.1) is 23.7 Å². The number of aryl methyl sites for hydroxylation is 1. The molecule has 0 aromatic carbocycles. The number of aromatic nitrogens is 4. The first kappa shape index (κ1) is 21.5. The number of fused-ring (bicyclic) bond motifs is 1. The Balaban J connectivity index is 1.95. The molecular weight excluding hydrogens is 390 g/mol. The lowest BCUT2D eigenvalue weighted by molar-refractivity contribution is 0.263. The molecule has 0 unspecified atom stereocenters. The first-order chi connectivity index (χ1) is 12.9. The molecule has 0 radical (unpaired) electrons. The van der Waals surface area contributed by atoms with Crippen LogP contribution in [0.5, 0.6) is 0 Å². The molecule has 1 aliphatic heterocycles. The predicted octanol–water partition coefficient (Wildman–Crippen LogP) is 5.36. The number of rotatable bonds is 5. The van der Waals surface area contributed by atoms with E-state index >= 15 is 0 Å². The first-order valence-electron chi connectivity index (χ1n) is 10.3. The van der Waals surface area contributed by atoms with Crippen LogP contribution in [0.1, 0.15) is 59.2 Å². The molecule has 28 heavy (non-hydrogen) atoms. The lowest BCUT2D eigenvalue weighted by Crippen LogP contribution is -2.45. The minimum Gasteiger partial charge on any atom is -0.415 e. The van der Waals surface area contributed by atoms with Gasteiger partial charge in [-0.2, -0.15) is 15.1 Å². The molecule has 0 amide bonds. The van der Waals surface area contributed by atoms with Crippen molar-refractivity contribution in [3.63, 3.8) is 0 Å². The Kier molecular flexibility index (Phi) is 5.82. The van der Waals surface area contributed by atoms with E-state index in [-0.39, 0.29) is 16.4 Å². The fourth-order valence-corrected chi connectivity index (χ4v) is 4.74. The minimum atomic E-state index is -1.79. The molecule has 2 aromatic rings. The van der Waals surface area contributed by atoms with Gasteiger partial charge >= 0.3 is 0 Å². The van der Waals surface area contributed by atoms with Crippen LogP contribution in [0.25, 0.3) is 11.0 Å². The Hall–Kier alpha value is -1.18. The van der Waals surface area contributed by atoms with Crippen molar-refractivity contribution in [3.8, 4) is 0 Å². The quantitative estimate of drug-likeness (QED) is 0.478. The van der Waals surface area contributed by atoms with E-state index in [1.54, 1.807) is 0 Å². The van der Waals surface area contributed by atoms with Crippen LogP contribution in [-0.4, -0.2) is 47.3 Å². The highest BCUT2D eigenvalue weighted by molar-refractivity contribution is 6.74. The second-order valence-corrected chi connectivity index (χ2v) is 14.8. The fourth-order valence-electron chi connectivity index (χ4n) is 3.54. The summed E-state index contributed by atoms with van der Waals surface area (Å²) in [5.74, 6) is 0.903. The summed E-state index contributed by atoms with van der Waals surface area (Å²) in [6, 6.07) is 0.524. The summed E-state index contributed by atoms with van der Waals surface area (Å²) in [5.41, 5.74) is 1.77. The zero-order valence-corrected chi connectivity index (χ0v) is 20.3. The van der Waals surface area contributed by atoms with Gasteiger partial charge in [-0.3, -0.25) is 0 Å². The lowest BCUT2D eigenvalue weighted by atomic mass is 10.2. The molecule has 0 saturated carbocycles. The van der Waals surface area contributed by atoms with Gasteiger partial charge in [-0.05, 0) is 63.3 Å². The molecule has 2 aromatic heterocycles. The summed E-state index contributed by atoms with van der Waals surface area (Å²) in [5, 5.41) is 6.20. The summed E-state index contributed by atoms with van der Waals surface area (Å²) in [4.78, 5) is 11.5. The minimum absolute atomic E-state index is 0.205. The van der Waals surface area contributed by atoms with E-state index in [0.717, 1.165) is 48.5 Å². The second kappa shape index (κ2) is 7.57. The summed E-state index contributed by atoms with van der Waals surface area (Å²) in [6.07, 6.45) is 2.24. The van der Waals surface area contributed by atoms with Crippen LogP contribution in [0.15, 0.2) is 0 Å². The standard InChI is InChI=1S/C20H34ClN5OSi/c1-13(2)26-18-16(14(3)24-26)17(22-19(21)23-18)25-11-9-10-15(25)12-27-28(7,8)20(4,5)6/h13,15H,9-12H2,1-8H3/t15-/m0/s1. The van der Waals surface area contributed by atoms with Gasteiger partial charge in [0.2, 0.25) is 5.28 Å². The van der Waals surface area contributed by atoms with Crippen molar-refractivity contribution < 1.29 is 4.43 Å². The highest BCUT2D eigenvalue weighted by Crippen LogP contribution is 2.38. The van der Waals surface area contributed by atoms with Crippen LogP contribution < -0.4 is 4.90 Å². The topological polar surface area (TPSA) is 56.1 Å². The Morgan fingerprint density at radius 1 is 1.25 bits per heavy atom. The molecule has 0 spiro atoms. The van der Waals surface area contributed by atoms with Gasteiger partial charge in [0.15, 0.2) is 14.0 Å². The normalized spacial score (nSPS) is 18.6. The monoisotopic (exact) mass is 423 g/mol. The Morgan fingerprint density at radius 2 is 1.93 bits per heavy atom. The van der Waals surface area contributed by atoms with Crippen LogP contribution in [0.4, 0.5) is 5.82 Å². The van der Waals surface area contributed by atoms with Crippen molar-refractivity contribution in [2.45, 2.75) is 84.6 Å². The molecular formula is C20H34ClN5OSi. The van der Waals surface area contributed by atoms with Gasteiger partial charge in [0.25, 0.3) is 0 Å². The van der Waals surface area contributed by atoms with Crippen LogP contribution in [0.3, 0.4) is 0 Å². The molecule has 0 N–H and O–H groups in total. The average Bonchev–Trinajstić information content (AvgIpc) is 3.16.